The van der Waals surface area contributed by atoms with Crippen molar-refractivity contribution < 1.29 is 41.7 Å². The van der Waals surface area contributed by atoms with Crippen molar-refractivity contribution in [3.05, 3.63) is 70.6 Å². The van der Waals surface area contributed by atoms with E-state index in [-0.39, 0.29) is 39.4 Å². The molecule has 4 rings (SSSR count). The third-order valence-electron chi connectivity index (χ3n) is 6.44. The van der Waals surface area contributed by atoms with Gasteiger partial charge in [0.05, 0.1) is 37.6 Å². The first-order chi connectivity index (χ1) is 18.5. The highest BCUT2D eigenvalue weighted by Gasteiger charge is 2.56. The number of ether oxygens (including phenoxy) is 3. The number of nitrogens with one attached hydrogen (secondary N) is 1. The minimum atomic E-state index is -5.24. The van der Waals surface area contributed by atoms with Crippen molar-refractivity contribution in [3.8, 4) is 28.5 Å². The van der Waals surface area contributed by atoms with Gasteiger partial charge in [0.2, 0.25) is 5.60 Å². The molecule has 0 bridgehead atoms. The number of carbonyl (C=O) groups excluding carboxylic acids is 1. The number of halogens is 5. The maximum atomic E-state index is 14.2. The van der Waals surface area contributed by atoms with Crippen molar-refractivity contribution in [1.82, 2.24) is 10.3 Å². The normalized spacial score (nSPS) is 15.2. The van der Waals surface area contributed by atoms with Crippen LogP contribution in [0.5, 0.6) is 17.2 Å². The van der Waals surface area contributed by atoms with Crippen LogP contribution in [0.1, 0.15) is 35.3 Å². The lowest BCUT2D eigenvalue weighted by atomic mass is 9.96. The summed E-state index contributed by atoms with van der Waals surface area (Å²) in [6.45, 7) is -1.25. The van der Waals surface area contributed by atoms with Gasteiger partial charge in [-0.15, -0.1) is 0 Å². The molecule has 0 radical (unpaired) electrons. The van der Waals surface area contributed by atoms with E-state index in [0.29, 0.717) is 5.75 Å². The number of hydrogen-bond donors (Lipinski definition) is 2. The second-order valence-electron chi connectivity index (χ2n) is 8.95. The number of carbonyl (C=O) groups is 1. The summed E-state index contributed by atoms with van der Waals surface area (Å²) in [5.41, 5.74) is -4.34. The number of amides is 1. The predicted molar refractivity (Wildman–Crippen MR) is 135 cm³/mol. The van der Waals surface area contributed by atoms with Gasteiger partial charge in [0.1, 0.15) is 17.3 Å². The summed E-state index contributed by atoms with van der Waals surface area (Å²) in [6.07, 6.45) is -2.34. The first kappa shape index (κ1) is 28.4. The molecule has 2 aromatic carbocycles. The number of alkyl halides is 3. The zero-order chi connectivity index (χ0) is 28.4. The fraction of sp³-hybridized carbons (Fsp3) is 0.333. The van der Waals surface area contributed by atoms with E-state index < -0.39 is 35.7 Å². The van der Waals surface area contributed by atoms with Crippen LogP contribution in [0.25, 0.3) is 11.3 Å². The van der Waals surface area contributed by atoms with Crippen LogP contribution in [0.3, 0.4) is 0 Å². The van der Waals surface area contributed by atoms with Gasteiger partial charge in [0.25, 0.3) is 5.91 Å². The Morgan fingerprint density at radius 1 is 1.05 bits per heavy atom. The van der Waals surface area contributed by atoms with Crippen LogP contribution < -0.4 is 19.5 Å². The molecule has 0 aliphatic heterocycles. The average Bonchev–Trinajstić information content (AvgIpc) is 2.89. The second-order valence-corrected chi connectivity index (χ2v) is 9.36. The molecule has 1 fully saturated rings. The first-order valence-electron chi connectivity index (χ1n) is 11.9. The van der Waals surface area contributed by atoms with E-state index in [2.05, 4.69) is 10.3 Å². The molecular formula is C27H25ClF4N2O5. The molecular weight excluding hydrogens is 544 g/mol. The van der Waals surface area contributed by atoms with Gasteiger partial charge in [-0.25, -0.2) is 9.37 Å². The summed E-state index contributed by atoms with van der Waals surface area (Å²) < 4.78 is 72.6. The summed E-state index contributed by atoms with van der Waals surface area (Å²) in [5, 5.41) is 12.7. The SMILES string of the molecule is COc1cc(C(=O)NCC(O)(c2ccc(OC)c(-c3ccc(F)c(Cl)c3)n2)C(F)(F)F)ccc1OC1CCC1. The van der Waals surface area contributed by atoms with Crippen molar-refractivity contribution >= 4 is 17.5 Å². The number of hydrogen-bond acceptors (Lipinski definition) is 6. The molecule has 0 saturated heterocycles. The number of methoxy groups -OCH3 is 2. The minimum Gasteiger partial charge on any atom is -0.494 e. The zero-order valence-electron chi connectivity index (χ0n) is 20.9. The highest BCUT2D eigenvalue weighted by Crippen LogP contribution is 2.40. The Bertz CT molecular complexity index is 1370. The van der Waals surface area contributed by atoms with Gasteiger partial charge < -0.3 is 24.6 Å². The molecule has 1 saturated carbocycles. The quantitative estimate of drug-likeness (QED) is 0.323. The van der Waals surface area contributed by atoms with E-state index in [1.54, 1.807) is 0 Å². The summed E-state index contributed by atoms with van der Waals surface area (Å²) in [5.74, 6) is -0.887. The number of pyridine rings is 1. The lowest BCUT2D eigenvalue weighted by Gasteiger charge is -2.30. The Labute approximate surface area is 226 Å². The highest BCUT2D eigenvalue weighted by atomic mass is 35.5. The van der Waals surface area contributed by atoms with E-state index in [0.717, 1.165) is 31.4 Å². The third kappa shape index (κ3) is 5.89. The smallest absolute Gasteiger partial charge is 0.424 e. The van der Waals surface area contributed by atoms with Gasteiger partial charge >= 0.3 is 6.18 Å². The van der Waals surface area contributed by atoms with Crippen LogP contribution in [0.4, 0.5) is 17.6 Å². The Balaban J connectivity index is 1.61. The van der Waals surface area contributed by atoms with Crippen LogP contribution in [0.2, 0.25) is 5.02 Å². The number of aromatic nitrogens is 1. The highest BCUT2D eigenvalue weighted by molar-refractivity contribution is 6.31. The lowest BCUT2D eigenvalue weighted by Crippen LogP contribution is -2.51. The monoisotopic (exact) mass is 568 g/mol. The average molecular weight is 569 g/mol. The molecule has 2 N–H and O–H groups in total. The maximum Gasteiger partial charge on any atom is 0.424 e. The van der Waals surface area contributed by atoms with Gasteiger partial charge in [-0.1, -0.05) is 11.6 Å². The Kier molecular flexibility index (Phi) is 8.22. The molecule has 1 aromatic heterocycles. The molecule has 1 aliphatic carbocycles. The number of benzene rings is 2. The van der Waals surface area contributed by atoms with Crippen LogP contribution in [0.15, 0.2) is 48.5 Å². The number of rotatable bonds is 9. The molecule has 1 unspecified atom stereocenters. The van der Waals surface area contributed by atoms with Crippen LogP contribution in [0, 0.1) is 5.82 Å². The molecule has 1 amide bonds. The molecule has 12 heteroatoms. The van der Waals surface area contributed by atoms with Crippen molar-refractivity contribution in [3.63, 3.8) is 0 Å². The largest absolute Gasteiger partial charge is 0.494 e. The minimum absolute atomic E-state index is 0.00154. The Morgan fingerprint density at radius 3 is 2.33 bits per heavy atom. The molecule has 3 aromatic rings. The fourth-order valence-electron chi connectivity index (χ4n) is 3.91. The van der Waals surface area contributed by atoms with Crippen LogP contribution >= 0.6 is 11.6 Å². The van der Waals surface area contributed by atoms with Crippen molar-refractivity contribution in [2.45, 2.75) is 37.1 Å². The van der Waals surface area contributed by atoms with Gasteiger partial charge in [0.15, 0.2) is 11.5 Å². The van der Waals surface area contributed by atoms with E-state index in [9.17, 15) is 27.5 Å². The Hall–Kier alpha value is -3.57. The van der Waals surface area contributed by atoms with Crippen LogP contribution in [-0.2, 0) is 5.60 Å². The van der Waals surface area contributed by atoms with Gasteiger partial charge in [-0.2, -0.15) is 13.2 Å². The molecule has 1 aliphatic rings. The molecule has 7 nitrogen and oxygen atoms in total. The molecule has 1 atom stereocenters. The van der Waals surface area contributed by atoms with Crippen molar-refractivity contribution in [2.75, 3.05) is 20.8 Å². The van der Waals surface area contributed by atoms with Gasteiger partial charge in [-0.05, 0) is 67.8 Å². The second kappa shape index (κ2) is 11.3. The van der Waals surface area contributed by atoms with Crippen molar-refractivity contribution in [1.29, 1.82) is 0 Å². The standard InChI is InChI=1S/C27H25ClF4N2O5/c1-37-21-10-11-23(34-24(21)15-6-8-19(29)18(28)12-15)26(36,27(30,31)32)14-33-25(35)16-7-9-20(22(13-16)38-2)39-17-4-3-5-17/h6-13,17,36H,3-5,14H2,1-2H3,(H,33,35). The van der Waals surface area contributed by atoms with E-state index in [1.807, 2.05) is 0 Å². The van der Waals surface area contributed by atoms with E-state index in [1.165, 1.54) is 50.6 Å². The Morgan fingerprint density at radius 2 is 1.74 bits per heavy atom. The summed E-state index contributed by atoms with van der Waals surface area (Å²) >= 11 is 5.83. The van der Waals surface area contributed by atoms with Gasteiger partial charge in [0, 0.05) is 11.1 Å². The maximum absolute atomic E-state index is 14.2. The predicted octanol–water partition coefficient (Wildman–Crippen LogP) is 5.67. The molecule has 208 valence electrons. The van der Waals surface area contributed by atoms with E-state index >= 15 is 0 Å². The first-order valence-corrected chi connectivity index (χ1v) is 12.3. The van der Waals surface area contributed by atoms with Gasteiger partial charge in [-0.3, -0.25) is 4.79 Å². The third-order valence-corrected chi connectivity index (χ3v) is 6.73. The fourth-order valence-corrected chi connectivity index (χ4v) is 4.09. The molecule has 39 heavy (non-hydrogen) atoms. The lowest BCUT2D eigenvalue weighted by molar-refractivity contribution is -0.265. The topological polar surface area (TPSA) is 89.9 Å². The summed E-state index contributed by atoms with van der Waals surface area (Å²) in [6, 6.07) is 9.81. The molecule has 0 spiro atoms. The summed E-state index contributed by atoms with van der Waals surface area (Å²) in [7, 11) is 2.66. The summed E-state index contributed by atoms with van der Waals surface area (Å²) in [4.78, 5) is 16.8. The van der Waals surface area contributed by atoms with Crippen LogP contribution in [-0.4, -0.2) is 49.0 Å². The van der Waals surface area contributed by atoms with E-state index in [4.69, 9.17) is 25.8 Å². The molecule has 1 heterocycles. The van der Waals surface area contributed by atoms with Crippen molar-refractivity contribution in [2.24, 2.45) is 0 Å². The number of nitrogens with zero attached hydrogens (tertiary/aromatic N) is 1. The number of aliphatic hydroxyl groups is 1. The zero-order valence-corrected chi connectivity index (χ0v) is 21.7.